The Morgan fingerprint density at radius 1 is 0.765 bits per heavy atom. The van der Waals surface area contributed by atoms with Gasteiger partial charge in [-0.25, -0.2) is 0 Å². The van der Waals surface area contributed by atoms with Gasteiger partial charge in [0.2, 0.25) is 0 Å². The van der Waals surface area contributed by atoms with Crippen molar-refractivity contribution >= 4 is 48.2 Å². The summed E-state index contributed by atoms with van der Waals surface area (Å²) < 4.78 is 0. The van der Waals surface area contributed by atoms with Gasteiger partial charge in [-0.15, -0.1) is 25.3 Å². The van der Waals surface area contributed by atoms with Crippen molar-refractivity contribution < 1.29 is 0 Å². The first-order valence-electron chi connectivity index (χ1n) is 4.84. The van der Waals surface area contributed by atoms with Crippen LogP contribution in [0.3, 0.4) is 0 Å². The molecule has 17 heavy (non-hydrogen) atoms. The van der Waals surface area contributed by atoms with Gasteiger partial charge in [0, 0.05) is 14.8 Å². The topological polar surface area (TPSA) is 24.7 Å². The van der Waals surface area contributed by atoms with Crippen LogP contribution in [0.1, 0.15) is 0 Å². The number of benzene rings is 2. The molecular formula is C12H9ClN2S2. The van der Waals surface area contributed by atoms with E-state index in [0.29, 0.717) is 5.02 Å². The molecule has 0 aromatic heterocycles. The van der Waals surface area contributed by atoms with Crippen LogP contribution in [0.2, 0.25) is 5.02 Å². The van der Waals surface area contributed by atoms with E-state index in [4.69, 9.17) is 11.6 Å². The molecule has 0 aliphatic heterocycles. The molecule has 2 rings (SSSR count). The Morgan fingerprint density at radius 3 is 2.00 bits per heavy atom. The fourth-order valence-electron chi connectivity index (χ4n) is 1.20. The number of hydrogen-bond acceptors (Lipinski definition) is 4. The maximum absolute atomic E-state index is 5.78. The molecule has 0 fully saturated rings. The molecule has 0 heterocycles. The summed E-state index contributed by atoms with van der Waals surface area (Å²) in [4.78, 5) is 1.60. The zero-order chi connectivity index (χ0) is 12.3. The predicted octanol–water partition coefficient (Wildman–Crippen LogP) is 5.33. The summed E-state index contributed by atoms with van der Waals surface area (Å²) in [5, 5.41) is 8.88. The molecule has 0 aliphatic carbocycles. The van der Waals surface area contributed by atoms with Crippen molar-refractivity contribution in [3.63, 3.8) is 0 Å². The summed E-state index contributed by atoms with van der Waals surface area (Å²) in [5.74, 6) is 0. The second-order valence-corrected chi connectivity index (χ2v) is 4.75. The molecule has 0 bridgehead atoms. The standard InChI is InChI=1S/C12H9ClN2S2/c13-8-1-3-9(4-2-8)14-15-10-5-6-11(16)12(17)7-10/h1-7,16-17H. The molecule has 0 spiro atoms. The van der Waals surface area contributed by atoms with E-state index in [-0.39, 0.29) is 0 Å². The minimum atomic E-state index is 0.682. The van der Waals surface area contributed by atoms with E-state index < -0.39 is 0 Å². The summed E-state index contributed by atoms with van der Waals surface area (Å²) in [5.41, 5.74) is 1.49. The third-order valence-corrected chi connectivity index (χ3v) is 3.25. The van der Waals surface area contributed by atoms with Crippen molar-refractivity contribution in [3.8, 4) is 0 Å². The van der Waals surface area contributed by atoms with E-state index in [0.717, 1.165) is 21.2 Å². The maximum atomic E-state index is 5.78. The molecule has 2 aromatic carbocycles. The van der Waals surface area contributed by atoms with Gasteiger partial charge in [0.1, 0.15) is 0 Å². The highest BCUT2D eigenvalue weighted by atomic mass is 35.5. The van der Waals surface area contributed by atoms with Crippen LogP contribution in [0.25, 0.3) is 0 Å². The van der Waals surface area contributed by atoms with Gasteiger partial charge in [-0.05, 0) is 42.5 Å². The molecule has 5 heteroatoms. The van der Waals surface area contributed by atoms with E-state index >= 15 is 0 Å². The average molecular weight is 281 g/mol. The number of nitrogens with zero attached hydrogens (tertiary/aromatic N) is 2. The molecule has 0 amide bonds. The lowest BCUT2D eigenvalue weighted by molar-refractivity contribution is 1.18. The van der Waals surface area contributed by atoms with Crippen molar-refractivity contribution in [3.05, 3.63) is 47.5 Å². The number of rotatable bonds is 2. The second kappa shape index (κ2) is 5.58. The van der Waals surface area contributed by atoms with Crippen molar-refractivity contribution in [2.24, 2.45) is 10.2 Å². The van der Waals surface area contributed by atoms with Gasteiger partial charge in [0.25, 0.3) is 0 Å². The molecule has 0 radical (unpaired) electrons. The Kier molecular flexibility index (Phi) is 4.10. The first-order chi connectivity index (χ1) is 8.15. The minimum Gasteiger partial charge on any atom is -0.151 e. The monoisotopic (exact) mass is 280 g/mol. The molecule has 0 atom stereocenters. The van der Waals surface area contributed by atoms with Gasteiger partial charge in [0.15, 0.2) is 0 Å². The van der Waals surface area contributed by atoms with Crippen LogP contribution < -0.4 is 0 Å². The second-order valence-electron chi connectivity index (χ2n) is 3.35. The molecule has 0 aliphatic rings. The van der Waals surface area contributed by atoms with Crippen LogP contribution in [-0.2, 0) is 0 Å². The summed E-state index contributed by atoms with van der Waals surface area (Å²) in [7, 11) is 0. The van der Waals surface area contributed by atoms with Crippen molar-refractivity contribution in [1.82, 2.24) is 0 Å². The summed E-state index contributed by atoms with van der Waals surface area (Å²) in [6.07, 6.45) is 0. The van der Waals surface area contributed by atoms with Gasteiger partial charge in [-0.2, -0.15) is 10.2 Å². The Labute approximate surface area is 116 Å². The summed E-state index contributed by atoms with van der Waals surface area (Å²) >= 11 is 14.3. The minimum absolute atomic E-state index is 0.682. The molecule has 2 nitrogen and oxygen atoms in total. The lowest BCUT2D eigenvalue weighted by Gasteiger charge is -1.98. The van der Waals surface area contributed by atoms with Crippen LogP contribution in [0.15, 0.2) is 62.5 Å². The smallest absolute Gasteiger partial charge is 0.0868 e. The van der Waals surface area contributed by atoms with Crippen LogP contribution in [0.4, 0.5) is 11.4 Å². The Morgan fingerprint density at radius 2 is 1.35 bits per heavy atom. The molecular weight excluding hydrogens is 272 g/mol. The fourth-order valence-corrected chi connectivity index (χ4v) is 1.67. The Balaban J connectivity index is 2.20. The largest absolute Gasteiger partial charge is 0.151 e. The summed E-state index contributed by atoms with van der Waals surface area (Å²) in [6, 6.07) is 12.6. The highest BCUT2D eigenvalue weighted by molar-refractivity contribution is 7.83. The maximum Gasteiger partial charge on any atom is 0.0868 e. The highest BCUT2D eigenvalue weighted by Crippen LogP contribution is 2.25. The first kappa shape index (κ1) is 12.5. The number of hydrogen-bond donors (Lipinski definition) is 2. The van der Waals surface area contributed by atoms with Gasteiger partial charge >= 0.3 is 0 Å². The van der Waals surface area contributed by atoms with E-state index in [1.165, 1.54) is 0 Å². The van der Waals surface area contributed by atoms with E-state index in [1.807, 2.05) is 18.2 Å². The lowest BCUT2D eigenvalue weighted by atomic mass is 10.3. The van der Waals surface area contributed by atoms with E-state index in [1.54, 1.807) is 24.3 Å². The Bertz CT molecular complexity index is 553. The normalized spacial score (nSPS) is 11.0. The molecule has 86 valence electrons. The van der Waals surface area contributed by atoms with Crippen LogP contribution in [0.5, 0.6) is 0 Å². The van der Waals surface area contributed by atoms with Crippen LogP contribution in [0, 0.1) is 0 Å². The molecule has 0 saturated carbocycles. The van der Waals surface area contributed by atoms with E-state index in [2.05, 4.69) is 35.5 Å². The average Bonchev–Trinajstić information content (AvgIpc) is 2.33. The fraction of sp³-hybridized carbons (Fsp3) is 0. The quantitative estimate of drug-likeness (QED) is 0.549. The van der Waals surface area contributed by atoms with Gasteiger partial charge in [-0.1, -0.05) is 11.6 Å². The summed E-state index contributed by atoms with van der Waals surface area (Å²) in [6.45, 7) is 0. The molecule has 2 aromatic rings. The third kappa shape index (κ3) is 3.49. The highest BCUT2D eigenvalue weighted by Gasteiger charge is 1.96. The van der Waals surface area contributed by atoms with Crippen molar-refractivity contribution in [2.45, 2.75) is 9.79 Å². The van der Waals surface area contributed by atoms with Gasteiger partial charge in [0.05, 0.1) is 11.4 Å². The zero-order valence-electron chi connectivity index (χ0n) is 8.71. The van der Waals surface area contributed by atoms with Crippen molar-refractivity contribution in [1.29, 1.82) is 0 Å². The van der Waals surface area contributed by atoms with Crippen molar-refractivity contribution in [2.75, 3.05) is 0 Å². The van der Waals surface area contributed by atoms with Gasteiger partial charge in [-0.3, -0.25) is 0 Å². The molecule has 0 N–H and O–H groups in total. The first-order valence-corrected chi connectivity index (χ1v) is 6.12. The number of halogens is 1. The molecule has 0 saturated heterocycles. The number of thiol groups is 2. The zero-order valence-corrected chi connectivity index (χ0v) is 11.3. The Hall–Kier alpha value is -0.970. The molecule has 0 unspecified atom stereocenters. The third-order valence-electron chi connectivity index (χ3n) is 2.07. The van der Waals surface area contributed by atoms with Gasteiger partial charge < -0.3 is 0 Å². The number of azo groups is 1. The van der Waals surface area contributed by atoms with Crippen LogP contribution in [-0.4, -0.2) is 0 Å². The van der Waals surface area contributed by atoms with E-state index in [9.17, 15) is 0 Å². The predicted molar refractivity (Wildman–Crippen MR) is 76.6 cm³/mol. The lowest BCUT2D eigenvalue weighted by Crippen LogP contribution is -1.70. The SMILES string of the molecule is Sc1ccc(N=Nc2ccc(Cl)cc2)cc1S. The van der Waals surface area contributed by atoms with Crippen LogP contribution >= 0.6 is 36.9 Å².